The number of fused-ring (bicyclic) bond motifs is 10. The number of para-hydroxylation sites is 2. The number of hydrogen-bond donors (Lipinski definition) is 0. The van der Waals surface area contributed by atoms with Crippen LogP contribution in [0, 0.1) is 0 Å². The predicted octanol–water partition coefficient (Wildman–Crippen LogP) is 14.9. The molecule has 0 N–H and O–H groups in total. The lowest BCUT2D eigenvalue weighted by atomic mass is 10.0. The van der Waals surface area contributed by atoms with Crippen LogP contribution in [0.15, 0.2) is 209 Å². The van der Waals surface area contributed by atoms with Crippen molar-refractivity contribution in [2.24, 2.45) is 9.98 Å². The molecule has 0 radical (unpaired) electrons. The fourth-order valence-corrected chi connectivity index (χ4v) is 10.8. The molecule has 0 aliphatic carbocycles. The number of hydrogen-bond acceptors (Lipinski definition) is 5. The van der Waals surface area contributed by atoms with E-state index in [9.17, 15) is 0 Å². The largest absolute Gasteiger partial charge is 0.456 e. The van der Waals surface area contributed by atoms with Gasteiger partial charge in [-0.3, -0.25) is 0 Å². The van der Waals surface area contributed by atoms with E-state index >= 15 is 0 Å². The molecule has 0 saturated carbocycles. The van der Waals surface area contributed by atoms with Gasteiger partial charge in [0.25, 0.3) is 0 Å². The van der Waals surface area contributed by atoms with Gasteiger partial charge in [-0.2, -0.15) is 0 Å². The zero-order valence-electron chi connectivity index (χ0n) is 33.4. The average molecular weight is 813 g/mol. The Kier molecular flexibility index (Phi) is 7.84. The molecule has 12 aromatic rings. The van der Waals surface area contributed by atoms with Crippen molar-refractivity contribution in [2.45, 2.75) is 12.7 Å². The van der Waals surface area contributed by atoms with Crippen LogP contribution < -0.4 is 0 Å². The lowest BCUT2D eigenvalue weighted by Gasteiger charge is -2.32. The highest BCUT2D eigenvalue weighted by Gasteiger charge is 2.28. The number of nitrogens with zero attached hydrogens (tertiary/aromatic N) is 4. The summed E-state index contributed by atoms with van der Waals surface area (Å²) in [6.07, 6.45) is 1.67. The van der Waals surface area contributed by atoms with Crippen LogP contribution in [0.3, 0.4) is 0 Å². The SMILES string of the molecule is C1=NC(c2cccc3sc4ccccc4c23)=NC(c2ccc(-c3ccccc3)cc2)N1Cc1ccc2oc3ccccc3c2c1-n1c2ccccc2c2cc3ccccc3cc21. The first-order valence-electron chi connectivity index (χ1n) is 21.0. The fraction of sp³-hybridized carbons (Fsp3) is 0.0357. The number of aliphatic imine (C=N–C) groups is 2. The molecule has 5 nitrogen and oxygen atoms in total. The van der Waals surface area contributed by atoms with E-state index in [-0.39, 0.29) is 6.17 Å². The smallest absolute Gasteiger partial charge is 0.159 e. The van der Waals surface area contributed by atoms with Crippen molar-refractivity contribution in [3.8, 4) is 16.8 Å². The molecule has 1 aliphatic rings. The van der Waals surface area contributed by atoms with Crippen LogP contribution in [0.5, 0.6) is 0 Å². The van der Waals surface area contributed by atoms with Gasteiger partial charge in [-0.05, 0) is 75.5 Å². The quantitative estimate of drug-likeness (QED) is 0.168. The molecule has 292 valence electrons. The normalized spacial score (nSPS) is 14.4. The highest BCUT2D eigenvalue weighted by molar-refractivity contribution is 7.25. The minimum Gasteiger partial charge on any atom is -0.456 e. The Morgan fingerprint density at radius 1 is 0.516 bits per heavy atom. The van der Waals surface area contributed by atoms with Crippen LogP contribution in [0.1, 0.15) is 22.9 Å². The molecule has 62 heavy (non-hydrogen) atoms. The molecule has 1 unspecified atom stereocenters. The lowest BCUT2D eigenvalue weighted by Crippen LogP contribution is -2.31. The summed E-state index contributed by atoms with van der Waals surface area (Å²) in [6, 6.07) is 69.5. The van der Waals surface area contributed by atoms with Gasteiger partial charge < -0.3 is 13.9 Å². The summed E-state index contributed by atoms with van der Waals surface area (Å²) < 4.78 is 11.6. The Bertz CT molecular complexity index is 3800. The first-order valence-corrected chi connectivity index (χ1v) is 21.8. The second kappa shape index (κ2) is 13.9. The van der Waals surface area contributed by atoms with Gasteiger partial charge in [0.1, 0.15) is 11.2 Å². The van der Waals surface area contributed by atoms with Gasteiger partial charge >= 0.3 is 0 Å². The summed E-state index contributed by atoms with van der Waals surface area (Å²) in [5, 5.41) is 9.47. The second-order valence-corrected chi connectivity index (χ2v) is 17.2. The maximum atomic E-state index is 6.62. The minimum absolute atomic E-state index is 0.348. The molecule has 6 heteroatoms. The van der Waals surface area contributed by atoms with Crippen molar-refractivity contribution in [2.75, 3.05) is 0 Å². The molecule has 0 bridgehead atoms. The Morgan fingerprint density at radius 2 is 1.23 bits per heavy atom. The van der Waals surface area contributed by atoms with Crippen LogP contribution in [0.25, 0.3) is 91.5 Å². The third kappa shape index (κ3) is 5.47. The van der Waals surface area contributed by atoms with E-state index in [1.165, 1.54) is 52.8 Å². The van der Waals surface area contributed by atoms with Crippen molar-refractivity contribution in [3.63, 3.8) is 0 Å². The summed E-state index contributed by atoms with van der Waals surface area (Å²) in [5.74, 6) is 0.735. The second-order valence-electron chi connectivity index (χ2n) is 16.1. The third-order valence-electron chi connectivity index (χ3n) is 12.6. The summed E-state index contributed by atoms with van der Waals surface area (Å²) in [6.45, 7) is 0.545. The van der Waals surface area contributed by atoms with E-state index in [4.69, 9.17) is 14.4 Å². The summed E-state index contributed by atoms with van der Waals surface area (Å²) in [7, 11) is 0. The standard InChI is InChI=1S/C56H36N4OS/c1-2-13-35(14-3-1)36-25-27-37(28-26-36)56-58-55(44-20-12-24-51-52(44)43-19-8-11-23-50(43)62-51)57-34-59(56)33-40-29-30-49-53(42-18-7-10-22-48(42)61-49)54(40)60-46-21-9-6-17-41(46)45-31-38-15-4-5-16-39(38)32-47(45)60/h1-32,34,56H,33H2. The average Bonchev–Trinajstić information content (AvgIpc) is 4.01. The van der Waals surface area contributed by atoms with Gasteiger partial charge in [0.2, 0.25) is 0 Å². The molecule has 0 fully saturated rings. The van der Waals surface area contributed by atoms with E-state index in [0.717, 1.165) is 61.2 Å². The van der Waals surface area contributed by atoms with E-state index < -0.39 is 0 Å². The zero-order valence-corrected chi connectivity index (χ0v) is 34.3. The number of amidine groups is 1. The summed E-state index contributed by atoms with van der Waals surface area (Å²) in [5.41, 5.74) is 10.8. The highest BCUT2D eigenvalue weighted by atomic mass is 32.1. The molecule has 1 atom stereocenters. The van der Waals surface area contributed by atoms with Gasteiger partial charge in [0.05, 0.1) is 28.4 Å². The Morgan fingerprint density at radius 3 is 2.10 bits per heavy atom. The van der Waals surface area contributed by atoms with Crippen LogP contribution in [-0.2, 0) is 6.54 Å². The predicted molar refractivity (Wildman–Crippen MR) is 260 cm³/mol. The van der Waals surface area contributed by atoms with Crippen molar-refractivity contribution < 1.29 is 4.42 Å². The topological polar surface area (TPSA) is 46.0 Å². The third-order valence-corrected chi connectivity index (χ3v) is 13.7. The maximum absolute atomic E-state index is 6.62. The molecule has 9 aromatic carbocycles. The van der Waals surface area contributed by atoms with E-state index in [0.29, 0.717) is 6.54 Å². The Hall–Kier alpha value is -7.80. The van der Waals surface area contributed by atoms with Crippen molar-refractivity contribution >= 4 is 98.2 Å². The number of furan rings is 1. The minimum atomic E-state index is -0.348. The van der Waals surface area contributed by atoms with Crippen molar-refractivity contribution in [1.82, 2.24) is 9.47 Å². The first kappa shape index (κ1) is 35.0. The lowest BCUT2D eigenvalue weighted by molar-refractivity contribution is 0.324. The molecule has 0 spiro atoms. The molecule has 0 amide bonds. The van der Waals surface area contributed by atoms with Gasteiger partial charge in [-0.25, -0.2) is 9.98 Å². The molecule has 1 aliphatic heterocycles. The van der Waals surface area contributed by atoms with Crippen molar-refractivity contribution in [1.29, 1.82) is 0 Å². The van der Waals surface area contributed by atoms with Crippen molar-refractivity contribution in [3.05, 3.63) is 211 Å². The summed E-state index contributed by atoms with van der Waals surface area (Å²) in [4.78, 5) is 13.1. The van der Waals surface area contributed by atoms with Gasteiger partial charge in [-0.15, -0.1) is 11.3 Å². The molecule has 13 rings (SSSR count). The molecule has 3 aromatic heterocycles. The number of benzene rings is 9. The van der Waals surface area contributed by atoms with E-state index in [1.54, 1.807) is 0 Å². The van der Waals surface area contributed by atoms with Gasteiger partial charge in [0.15, 0.2) is 12.0 Å². The molecular weight excluding hydrogens is 777 g/mol. The molecular formula is C56H36N4OS. The van der Waals surface area contributed by atoms with E-state index in [1.807, 2.05) is 23.7 Å². The zero-order chi connectivity index (χ0) is 40.7. The molecule has 4 heterocycles. The molecule has 0 saturated heterocycles. The van der Waals surface area contributed by atoms with Crippen LogP contribution >= 0.6 is 11.3 Å². The summed E-state index contributed by atoms with van der Waals surface area (Å²) >= 11 is 1.82. The number of aromatic nitrogens is 1. The van der Waals surface area contributed by atoms with Gasteiger partial charge in [-0.1, -0.05) is 152 Å². The maximum Gasteiger partial charge on any atom is 0.159 e. The fourth-order valence-electron chi connectivity index (χ4n) is 9.70. The Labute approximate surface area is 360 Å². The first-order chi connectivity index (χ1) is 30.7. The number of rotatable bonds is 6. The van der Waals surface area contributed by atoms with Gasteiger partial charge in [0, 0.05) is 48.4 Å². The van der Waals surface area contributed by atoms with E-state index in [2.05, 4.69) is 198 Å². The van der Waals surface area contributed by atoms with Crippen LogP contribution in [-0.4, -0.2) is 21.6 Å². The van der Waals surface area contributed by atoms with Crippen LogP contribution in [0.4, 0.5) is 0 Å². The Balaban J connectivity index is 1.02. The number of thiophene rings is 1. The highest BCUT2D eigenvalue weighted by Crippen LogP contribution is 2.43. The monoisotopic (exact) mass is 812 g/mol. The van der Waals surface area contributed by atoms with Crippen LogP contribution in [0.2, 0.25) is 0 Å².